The van der Waals surface area contributed by atoms with Gasteiger partial charge in [0.2, 0.25) is 0 Å². The van der Waals surface area contributed by atoms with Crippen LogP contribution >= 0.6 is 0 Å². The molecule has 16 unspecified atom stereocenters. The first-order valence-electron chi connectivity index (χ1n) is 21.3. The summed E-state index contributed by atoms with van der Waals surface area (Å²) < 4.78 is 0. The Morgan fingerprint density at radius 1 is 0.400 bits per heavy atom. The lowest BCUT2D eigenvalue weighted by atomic mass is 9.93. The van der Waals surface area contributed by atoms with Crippen molar-refractivity contribution >= 4 is 23.3 Å². The lowest BCUT2D eigenvalue weighted by molar-refractivity contribution is -0.114. The van der Waals surface area contributed by atoms with Crippen LogP contribution in [0.1, 0.15) is 54.9 Å². The molecule has 0 saturated carbocycles. The van der Waals surface area contributed by atoms with Gasteiger partial charge in [0.15, 0.2) is 0 Å². The number of hydrogen-bond donors (Lipinski definition) is 20. The molecule has 0 fully saturated rings. The summed E-state index contributed by atoms with van der Waals surface area (Å²) in [4.78, 5) is 9.30. The van der Waals surface area contributed by atoms with Gasteiger partial charge in [0, 0.05) is 31.9 Å². The summed E-state index contributed by atoms with van der Waals surface area (Å²) in [6.45, 7) is -1.70. The number of aliphatic imine (C=N–C) groups is 2. The summed E-state index contributed by atoms with van der Waals surface area (Å²) in [6.07, 6.45) is -27.1. The molecule has 0 heterocycles. The number of rotatable bonds is 31. The summed E-state index contributed by atoms with van der Waals surface area (Å²) in [7, 11) is 0. The fourth-order valence-corrected chi connectivity index (χ4v) is 6.82. The molecule has 0 bridgehead atoms. The fourth-order valence-electron chi connectivity index (χ4n) is 6.82. The average Bonchev–Trinajstić information content (AvgIpc) is 3.29. The Bertz CT molecular complexity index is 1630. The highest BCUT2D eigenvalue weighted by molar-refractivity contribution is 6.31. The minimum absolute atomic E-state index is 0.159. The van der Waals surface area contributed by atoms with Crippen LogP contribution in [0.15, 0.2) is 46.4 Å². The number of aliphatic hydroxyl groups is 20. The third-order valence-corrected chi connectivity index (χ3v) is 10.8. The van der Waals surface area contributed by atoms with Gasteiger partial charge in [-0.15, -0.1) is 0 Å². The van der Waals surface area contributed by atoms with Crippen molar-refractivity contribution in [1.82, 2.24) is 0 Å². The van der Waals surface area contributed by atoms with Gasteiger partial charge < -0.3 is 102 Å². The molecule has 22 nitrogen and oxygen atoms in total. The molecule has 0 aliphatic rings. The maximum Gasteiger partial charge on any atom is 0.110 e. The van der Waals surface area contributed by atoms with E-state index in [-0.39, 0.29) is 59.3 Å². The van der Waals surface area contributed by atoms with E-state index in [9.17, 15) is 102 Å². The minimum atomic E-state index is -1.94. The molecule has 0 spiro atoms. The number of hydrogen-bond acceptors (Lipinski definition) is 22. The quantitative estimate of drug-likeness (QED) is 0.0247. The molecule has 0 amide bonds. The first-order valence-corrected chi connectivity index (χ1v) is 21.3. The van der Waals surface area contributed by atoms with Gasteiger partial charge in [0.25, 0.3) is 0 Å². The van der Waals surface area contributed by atoms with Crippen LogP contribution in [-0.2, 0) is 25.7 Å². The van der Waals surface area contributed by atoms with E-state index in [0.717, 1.165) is 12.8 Å². The number of unbranched alkanes of at least 4 members (excludes halogenated alkanes) is 2. The molecule has 2 aromatic carbocycles. The van der Waals surface area contributed by atoms with Crippen molar-refractivity contribution in [2.24, 2.45) is 9.98 Å². The van der Waals surface area contributed by atoms with Gasteiger partial charge in [0.1, 0.15) is 73.2 Å². The van der Waals surface area contributed by atoms with Gasteiger partial charge in [-0.25, -0.2) is 0 Å². The Balaban J connectivity index is 2.72. The molecule has 372 valence electrons. The molecule has 65 heavy (non-hydrogen) atoms. The first-order chi connectivity index (χ1) is 30.6. The molecular formula is C43H70N2O20. The molecule has 0 aliphatic carbocycles. The number of benzene rings is 2. The van der Waals surface area contributed by atoms with Crippen molar-refractivity contribution < 1.29 is 102 Å². The van der Waals surface area contributed by atoms with Crippen LogP contribution in [0.25, 0.3) is 0 Å². The predicted octanol–water partition coefficient (Wildman–Crippen LogP) is -6.34. The maximum atomic E-state index is 10.8. The van der Waals surface area contributed by atoms with Gasteiger partial charge in [-0.2, -0.15) is 0 Å². The van der Waals surface area contributed by atoms with Crippen molar-refractivity contribution in [1.29, 1.82) is 0 Å². The Hall–Kier alpha value is -3.02. The molecule has 0 aliphatic heterocycles. The standard InChI is InChI=1S/C43H70N2O20/c1-2-3-4-5-25(45-27-10-23(14-30(52)38(60)42(64)34(56)19-48)7-24(11-27)15-31(53)39(61)43(65)35(57)20-49)16-44-26-8-21(12-28(50)36(58)40(62)32(54)17-46)6-22(9-26)13-29(51)37(59)41(63)33(55)18-47/h6-11,16,28-43,46-65H,2-5,12-15,17-20H2,1H3. The number of nitrogens with zero attached hydrogens (tertiary/aromatic N) is 2. The second-order valence-electron chi connectivity index (χ2n) is 16.3. The van der Waals surface area contributed by atoms with Crippen LogP contribution in [0.3, 0.4) is 0 Å². The van der Waals surface area contributed by atoms with E-state index < -0.39 is 124 Å². The average molecular weight is 935 g/mol. The molecule has 16 atom stereocenters. The fraction of sp³-hybridized carbons (Fsp3) is 0.674. The molecule has 2 aromatic rings. The van der Waals surface area contributed by atoms with Gasteiger partial charge in [-0.05, 0) is 59.4 Å². The molecule has 22 heteroatoms. The number of aliphatic hydroxyl groups excluding tert-OH is 20. The van der Waals surface area contributed by atoms with Crippen molar-refractivity contribution in [2.75, 3.05) is 26.4 Å². The van der Waals surface area contributed by atoms with Crippen molar-refractivity contribution in [3.8, 4) is 0 Å². The van der Waals surface area contributed by atoms with Crippen molar-refractivity contribution in [2.45, 2.75) is 156 Å². The Morgan fingerprint density at radius 3 is 0.954 bits per heavy atom. The summed E-state index contributed by atoms with van der Waals surface area (Å²) in [5.41, 5.74) is 1.70. The SMILES string of the molecule is CCCCCC(C=Nc1cc(CC(O)C(O)C(O)C(O)CO)cc(CC(O)C(O)C(O)C(O)CO)c1)=Nc1cc(CC(O)C(O)C(O)C(O)CO)cc(CC(O)C(O)C(O)C(O)CO)c1. The van der Waals surface area contributed by atoms with Crippen LogP contribution in [-0.4, -0.2) is 238 Å². The molecule has 0 aromatic heterocycles. The van der Waals surface area contributed by atoms with Crippen LogP contribution in [0.2, 0.25) is 0 Å². The van der Waals surface area contributed by atoms with E-state index in [1.807, 2.05) is 6.92 Å². The van der Waals surface area contributed by atoms with Crippen LogP contribution < -0.4 is 0 Å². The van der Waals surface area contributed by atoms with E-state index in [1.54, 1.807) is 0 Å². The third-order valence-electron chi connectivity index (χ3n) is 10.8. The first kappa shape index (κ1) is 58.1. The van der Waals surface area contributed by atoms with Gasteiger partial charge in [-0.3, -0.25) is 9.98 Å². The van der Waals surface area contributed by atoms with E-state index in [1.165, 1.54) is 42.6 Å². The Morgan fingerprint density at radius 2 is 0.677 bits per heavy atom. The molecule has 0 saturated heterocycles. The minimum Gasteiger partial charge on any atom is -0.394 e. The topological polar surface area (TPSA) is 429 Å². The zero-order valence-electron chi connectivity index (χ0n) is 36.1. The van der Waals surface area contributed by atoms with Crippen LogP contribution in [0.4, 0.5) is 11.4 Å². The van der Waals surface area contributed by atoms with Gasteiger partial charge in [0.05, 0.1) is 67.9 Å². The monoisotopic (exact) mass is 934 g/mol. The summed E-state index contributed by atoms with van der Waals surface area (Å²) in [5.74, 6) is 0. The molecule has 20 N–H and O–H groups in total. The summed E-state index contributed by atoms with van der Waals surface area (Å²) in [6, 6.07) is 8.79. The normalized spacial score (nSPS) is 20.2. The second-order valence-corrected chi connectivity index (χ2v) is 16.3. The summed E-state index contributed by atoms with van der Waals surface area (Å²) >= 11 is 0. The summed E-state index contributed by atoms with van der Waals surface area (Å²) in [5, 5.41) is 202. The van der Waals surface area contributed by atoms with Crippen molar-refractivity contribution in [3.05, 3.63) is 58.7 Å². The zero-order chi connectivity index (χ0) is 49.1. The van der Waals surface area contributed by atoms with Gasteiger partial charge >= 0.3 is 0 Å². The van der Waals surface area contributed by atoms with Crippen LogP contribution in [0, 0.1) is 0 Å². The zero-order valence-corrected chi connectivity index (χ0v) is 36.1. The van der Waals surface area contributed by atoms with E-state index in [2.05, 4.69) is 4.99 Å². The second kappa shape index (κ2) is 29.0. The molecule has 2 rings (SSSR count). The predicted molar refractivity (Wildman–Crippen MR) is 232 cm³/mol. The van der Waals surface area contributed by atoms with Crippen LogP contribution in [0.5, 0.6) is 0 Å². The maximum absolute atomic E-state index is 10.8. The largest absolute Gasteiger partial charge is 0.394 e. The lowest BCUT2D eigenvalue weighted by Crippen LogP contribution is -2.46. The Kier molecular flexibility index (Phi) is 25.9. The lowest BCUT2D eigenvalue weighted by Gasteiger charge is -2.26. The highest BCUT2D eigenvalue weighted by Gasteiger charge is 2.34. The van der Waals surface area contributed by atoms with Crippen molar-refractivity contribution in [3.63, 3.8) is 0 Å². The third kappa shape index (κ3) is 18.5. The van der Waals surface area contributed by atoms with Gasteiger partial charge in [-0.1, -0.05) is 31.9 Å². The van der Waals surface area contributed by atoms with E-state index >= 15 is 0 Å². The molecule has 0 radical (unpaired) electrons. The highest BCUT2D eigenvalue weighted by Crippen LogP contribution is 2.26. The smallest absolute Gasteiger partial charge is 0.110 e. The Labute approximate surface area is 375 Å². The van der Waals surface area contributed by atoms with E-state index in [0.29, 0.717) is 18.6 Å². The molecular weight excluding hydrogens is 864 g/mol. The highest BCUT2D eigenvalue weighted by atomic mass is 16.4. The van der Waals surface area contributed by atoms with E-state index in [4.69, 9.17) is 4.99 Å².